The number of imidazole rings is 1. The maximum atomic E-state index is 12.1. The molecule has 8 heteroatoms. The molecular weight excluding hydrogens is 268 g/mol. The first-order valence-corrected chi connectivity index (χ1v) is 6.91. The van der Waals surface area contributed by atoms with Crippen LogP contribution in [0.4, 0.5) is 5.69 Å². The van der Waals surface area contributed by atoms with Crippen molar-refractivity contribution in [3.8, 4) is 5.75 Å². The molecule has 102 valence electrons. The minimum Gasteiger partial charge on any atom is -0.495 e. The molecule has 0 aliphatic rings. The van der Waals surface area contributed by atoms with Crippen LogP contribution in [-0.4, -0.2) is 25.5 Å². The predicted octanol–water partition coefficient (Wildman–Crippen LogP) is 0.479. The monoisotopic (exact) mass is 282 g/mol. The van der Waals surface area contributed by atoms with Gasteiger partial charge in [0.05, 0.1) is 30.6 Å². The van der Waals surface area contributed by atoms with E-state index in [2.05, 4.69) is 14.7 Å². The first-order chi connectivity index (χ1) is 9.03. The van der Waals surface area contributed by atoms with Gasteiger partial charge in [0.25, 0.3) is 0 Å². The molecule has 0 bridgehead atoms. The standard InChI is InChI=1S/C11H14N4O3S/c1-18-11-4-9(2-3-10(11)12)19(16,17)15-6-8-5-13-7-14-8/h2-5,7,15H,6,12H2,1H3,(H,13,14). The van der Waals surface area contributed by atoms with Gasteiger partial charge in [-0.25, -0.2) is 18.1 Å². The largest absolute Gasteiger partial charge is 0.495 e. The second kappa shape index (κ2) is 5.29. The maximum Gasteiger partial charge on any atom is 0.241 e. The minimum atomic E-state index is -3.62. The Kier molecular flexibility index (Phi) is 3.72. The third-order valence-corrected chi connectivity index (χ3v) is 3.92. The van der Waals surface area contributed by atoms with Crippen molar-refractivity contribution in [2.75, 3.05) is 12.8 Å². The van der Waals surface area contributed by atoms with Crippen molar-refractivity contribution >= 4 is 15.7 Å². The molecule has 0 fully saturated rings. The number of ether oxygens (including phenoxy) is 1. The Morgan fingerprint density at radius 3 is 2.89 bits per heavy atom. The maximum absolute atomic E-state index is 12.1. The van der Waals surface area contributed by atoms with E-state index in [9.17, 15) is 8.42 Å². The molecule has 2 rings (SSSR count). The summed E-state index contributed by atoms with van der Waals surface area (Å²) >= 11 is 0. The van der Waals surface area contributed by atoms with Crippen LogP contribution in [0.1, 0.15) is 5.69 Å². The lowest BCUT2D eigenvalue weighted by atomic mass is 10.3. The van der Waals surface area contributed by atoms with Crippen LogP contribution in [-0.2, 0) is 16.6 Å². The number of nitrogens with one attached hydrogen (secondary N) is 2. The van der Waals surface area contributed by atoms with E-state index in [1.54, 1.807) is 6.20 Å². The van der Waals surface area contributed by atoms with E-state index in [1.165, 1.54) is 31.6 Å². The molecule has 0 atom stereocenters. The number of rotatable bonds is 5. The Hall–Kier alpha value is -2.06. The van der Waals surface area contributed by atoms with E-state index in [0.29, 0.717) is 17.1 Å². The number of benzene rings is 1. The number of nitrogens with two attached hydrogens (primary N) is 1. The van der Waals surface area contributed by atoms with E-state index in [-0.39, 0.29) is 11.4 Å². The van der Waals surface area contributed by atoms with Gasteiger partial charge in [-0.2, -0.15) is 0 Å². The zero-order valence-corrected chi connectivity index (χ0v) is 11.1. The van der Waals surface area contributed by atoms with Gasteiger partial charge in [0.2, 0.25) is 10.0 Å². The Balaban J connectivity index is 2.19. The zero-order chi connectivity index (χ0) is 13.9. The summed E-state index contributed by atoms with van der Waals surface area (Å²) in [5.41, 5.74) is 6.70. The molecule has 0 radical (unpaired) electrons. The molecule has 19 heavy (non-hydrogen) atoms. The highest BCUT2D eigenvalue weighted by atomic mass is 32.2. The van der Waals surface area contributed by atoms with Crippen LogP contribution in [0, 0.1) is 0 Å². The number of aromatic nitrogens is 2. The van der Waals surface area contributed by atoms with E-state index in [0.717, 1.165) is 0 Å². The molecule has 0 aliphatic carbocycles. The molecule has 0 saturated heterocycles. The topological polar surface area (TPSA) is 110 Å². The number of hydrogen-bond donors (Lipinski definition) is 3. The zero-order valence-electron chi connectivity index (χ0n) is 10.3. The van der Waals surface area contributed by atoms with E-state index in [1.807, 2.05) is 0 Å². The molecule has 0 unspecified atom stereocenters. The van der Waals surface area contributed by atoms with Crippen molar-refractivity contribution < 1.29 is 13.2 Å². The van der Waals surface area contributed by atoms with Gasteiger partial charge in [0.15, 0.2) is 0 Å². The summed E-state index contributed by atoms with van der Waals surface area (Å²) in [6, 6.07) is 4.29. The van der Waals surface area contributed by atoms with Crippen LogP contribution in [0.5, 0.6) is 5.75 Å². The molecule has 0 aliphatic heterocycles. The van der Waals surface area contributed by atoms with Gasteiger partial charge in [-0.15, -0.1) is 0 Å². The van der Waals surface area contributed by atoms with Crippen molar-refractivity contribution in [2.45, 2.75) is 11.4 Å². The van der Waals surface area contributed by atoms with Gasteiger partial charge in [0, 0.05) is 18.0 Å². The van der Waals surface area contributed by atoms with Crippen LogP contribution >= 0.6 is 0 Å². The van der Waals surface area contributed by atoms with Crippen LogP contribution in [0.2, 0.25) is 0 Å². The SMILES string of the molecule is COc1cc(S(=O)(=O)NCc2cnc[nH]2)ccc1N. The van der Waals surface area contributed by atoms with E-state index < -0.39 is 10.0 Å². The van der Waals surface area contributed by atoms with E-state index >= 15 is 0 Å². The van der Waals surface area contributed by atoms with Gasteiger partial charge < -0.3 is 15.5 Å². The average Bonchev–Trinajstić information content (AvgIpc) is 2.90. The lowest BCUT2D eigenvalue weighted by Crippen LogP contribution is -2.23. The van der Waals surface area contributed by atoms with Crippen molar-refractivity contribution in [2.24, 2.45) is 0 Å². The Morgan fingerprint density at radius 2 is 2.26 bits per heavy atom. The first kappa shape index (κ1) is 13.4. The summed E-state index contributed by atoms with van der Waals surface area (Å²) in [6.45, 7) is 0.134. The highest BCUT2D eigenvalue weighted by Gasteiger charge is 2.15. The van der Waals surface area contributed by atoms with Gasteiger partial charge in [-0.3, -0.25) is 0 Å². The van der Waals surface area contributed by atoms with Gasteiger partial charge >= 0.3 is 0 Å². The van der Waals surface area contributed by atoms with Crippen LogP contribution in [0.3, 0.4) is 0 Å². The van der Waals surface area contributed by atoms with Gasteiger partial charge in [0.1, 0.15) is 5.75 Å². The van der Waals surface area contributed by atoms with Crippen LogP contribution in [0.15, 0.2) is 35.6 Å². The third-order valence-electron chi connectivity index (χ3n) is 2.52. The number of nitrogen functional groups attached to an aromatic ring is 1. The molecule has 1 heterocycles. The first-order valence-electron chi connectivity index (χ1n) is 5.43. The van der Waals surface area contributed by atoms with Crippen molar-refractivity contribution in [1.29, 1.82) is 0 Å². The summed E-state index contributed by atoms with van der Waals surface area (Å²) < 4.78 is 31.6. The number of H-pyrrole nitrogens is 1. The van der Waals surface area contributed by atoms with Crippen molar-refractivity contribution in [1.82, 2.24) is 14.7 Å². The van der Waals surface area contributed by atoms with Crippen LogP contribution < -0.4 is 15.2 Å². The minimum absolute atomic E-state index is 0.0954. The number of aromatic amines is 1. The molecule has 2 aromatic rings. The second-order valence-electron chi connectivity index (χ2n) is 3.81. The molecule has 0 spiro atoms. The van der Waals surface area contributed by atoms with Crippen molar-refractivity contribution in [3.05, 3.63) is 36.4 Å². The average molecular weight is 282 g/mol. The molecule has 1 aromatic carbocycles. The predicted molar refractivity (Wildman–Crippen MR) is 70.0 cm³/mol. The smallest absolute Gasteiger partial charge is 0.241 e. The highest BCUT2D eigenvalue weighted by Crippen LogP contribution is 2.24. The summed E-state index contributed by atoms with van der Waals surface area (Å²) in [7, 11) is -2.19. The lowest BCUT2D eigenvalue weighted by Gasteiger charge is -2.09. The lowest BCUT2D eigenvalue weighted by molar-refractivity contribution is 0.415. The fraction of sp³-hybridized carbons (Fsp3) is 0.182. The number of hydrogen-bond acceptors (Lipinski definition) is 5. The fourth-order valence-corrected chi connectivity index (χ4v) is 2.52. The van der Waals surface area contributed by atoms with Crippen molar-refractivity contribution in [3.63, 3.8) is 0 Å². The molecule has 4 N–H and O–H groups in total. The molecule has 7 nitrogen and oxygen atoms in total. The number of sulfonamides is 1. The molecular formula is C11H14N4O3S. The Morgan fingerprint density at radius 1 is 1.47 bits per heavy atom. The summed E-state index contributed by atoms with van der Waals surface area (Å²) in [5, 5.41) is 0. The fourth-order valence-electron chi connectivity index (χ4n) is 1.50. The number of anilines is 1. The highest BCUT2D eigenvalue weighted by molar-refractivity contribution is 7.89. The number of methoxy groups -OCH3 is 1. The summed E-state index contributed by atoms with van der Waals surface area (Å²) in [6.07, 6.45) is 3.03. The summed E-state index contributed by atoms with van der Waals surface area (Å²) in [4.78, 5) is 6.71. The van der Waals surface area contributed by atoms with Gasteiger partial charge in [-0.05, 0) is 12.1 Å². The molecule has 0 amide bonds. The normalized spacial score (nSPS) is 11.4. The van der Waals surface area contributed by atoms with Gasteiger partial charge in [-0.1, -0.05) is 0 Å². The Labute approximate surface area is 110 Å². The van der Waals surface area contributed by atoms with E-state index in [4.69, 9.17) is 10.5 Å². The summed E-state index contributed by atoms with van der Waals surface area (Å²) in [5.74, 6) is 0.324. The second-order valence-corrected chi connectivity index (χ2v) is 5.57. The molecule has 0 saturated carbocycles. The molecule has 1 aromatic heterocycles. The quantitative estimate of drug-likeness (QED) is 0.691. The number of nitrogens with zero attached hydrogens (tertiary/aromatic N) is 1. The third kappa shape index (κ3) is 3.04. The Bertz CT molecular complexity index is 653. The van der Waals surface area contributed by atoms with Crippen LogP contribution in [0.25, 0.3) is 0 Å².